The lowest BCUT2D eigenvalue weighted by Crippen LogP contribution is -2.53. The fourth-order valence-corrected chi connectivity index (χ4v) is 8.80. The third-order valence-electron chi connectivity index (χ3n) is 11.7. The van der Waals surface area contributed by atoms with Crippen molar-refractivity contribution in [2.24, 2.45) is 16.7 Å². The number of fused-ring (bicyclic) bond motifs is 5. The number of ketones is 1. The van der Waals surface area contributed by atoms with Crippen LogP contribution in [0.2, 0.25) is 0 Å². The summed E-state index contributed by atoms with van der Waals surface area (Å²) in [6, 6.07) is 12.3. The quantitative estimate of drug-likeness (QED) is 0.109. The van der Waals surface area contributed by atoms with Gasteiger partial charge in [-0.3, -0.25) is 10.6 Å². The van der Waals surface area contributed by atoms with E-state index in [-0.39, 0.29) is 28.2 Å². The van der Waals surface area contributed by atoms with Crippen LogP contribution in [0.15, 0.2) is 83.8 Å². The molecule has 0 bridgehead atoms. The summed E-state index contributed by atoms with van der Waals surface area (Å²) in [7, 11) is 0. The molecule has 2 saturated carbocycles. The Morgan fingerprint density at radius 3 is 1.87 bits per heavy atom. The first-order valence-electron chi connectivity index (χ1n) is 18.0. The molecule has 1 aromatic heterocycles. The minimum absolute atomic E-state index is 0.0833. The van der Waals surface area contributed by atoms with E-state index in [4.69, 9.17) is 24.8 Å². The summed E-state index contributed by atoms with van der Waals surface area (Å²) in [5, 5.41) is 13.8. The average Bonchev–Trinajstić information content (AvgIpc) is 3.92. The Morgan fingerprint density at radius 1 is 0.808 bits per heavy atom. The molecule has 0 amide bonds. The fraction of sp³-hybridized carbons (Fsp3) is 0.450. The molecular weight excluding hydrogens is 670 g/mol. The van der Waals surface area contributed by atoms with E-state index < -0.39 is 11.6 Å². The molecule has 3 heterocycles. The molecule has 12 heteroatoms. The van der Waals surface area contributed by atoms with Crippen molar-refractivity contribution in [2.45, 2.75) is 76.8 Å². The van der Waals surface area contributed by atoms with Crippen LogP contribution in [0, 0.1) is 22.5 Å². The number of rotatable bonds is 2. The molecule has 6 aliphatic rings. The molecule has 2 spiro atoms. The van der Waals surface area contributed by atoms with E-state index in [1.165, 1.54) is 35.4 Å². The number of aliphatic hydroxyl groups excluding tert-OH is 1. The number of hydrogen-bond donors (Lipinski definition) is 3. The number of nitrogen functional groups attached to an aromatic ring is 1. The second kappa shape index (κ2) is 14.3. The van der Waals surface area contributed by atoms with E-state index >= 15 is 0 Å². The van der Waals surface area contributed by atoms with Crippen molar-refractivity contribution in [3.8, 4) is 5.69 Å². The summed E-state index contributed by atoms with van der Waals surface area (Å²) >= 11 is 0. The molecule has 2 atom stereocenters. The molecule has 9 rings (SSSR count). The van der Waals surface area contributed by atoms with Crippen LogP contribution in [0.4, 0.5) is 14.5 Å². The Kier molecular flexibility index (Phi) is 9.96. The minimum Gasteiger partial charge on any atom is -0.515 e. The number of anilines is 1. The van der Waals surface area contributed by atoms with Crippen LogP contribution >= 0.6 is 0 Å². The highest BCUT2D eigenvalue weighted by atomic mass is 19.1. The molecule has 2 saturated heterocycles. The standard InChI is InChI=1S/C20H21FN2O2.C14H18O4.C6H7FN2/c1-19-12-14-13-22-23(17-6-4-16(21)5-7-17)18(14)11-15(19)3-2-8-20(19)24-9-10-25-20;1-13-8-10(9-15)12(16)7-11(13)3-2-4-14(13)17-5-6-18-14;7-5-1-3-6(9-8)4-2-5/h4-7,11,13H,2-3,8-10,12H2,1H3;7,9,15H,2-6,8H2,1H3;1-4,9H,8H2/b;10-9-;/t19-;13-;/m00./s1. The Labute approximate surface area is 302 Å². The number of nitrogens with one attached hydrogen (secondary N) is 1. The van der Waals surface area contributed by atoms with E-state index in [2.05, 4.69) is 30.4 Å². The van der Waals surface area contributed by atoms with Crippen molar-refractivity contribution in [1.29, 1.82) is 0 Å². The minimum atomic E-state index is -0.605. The number of halogens is 2. The maximum absolute atomic E-state index is 13.2. The number of hydrazine groups is 1. The van der Waals surface area contributed by atoms with Gasteiger partial charge < -0.3 is 29.5 Å². The number of ether oxygens (including phenoxy) is 4. The summed E-state index contributed by atoms with van der Waals surface area (Å²) < 4.78 is 51.4. The molecule has 276 valence electrons. The molecular formula is C40H46F2N4O6. The highest BCUT2D eigenvalue weighted by Crippen LogP contribution is 2.58. The molecule has 0 unspecified atom stereocenters. The summed E-state index contributed by atoms with van der Waals surface area (Å²) in [6.45, 7) is 6.90. The maximum atomic E-state index is 13.2. The molecule has 0 radical (unpaired) electrons. The van der Waals surface area contributed by atoms with Gasteiger partial charge in [-0.2, -0.15) is 5.10 Å². The van der Waals surface area contributed by atoms with Gasteiger partial charge >= 0.3 is 0 Å². The molecule has 2 aromatic carbocycles. The molecule has 3 aromatic rings. The van der Waals surface area contributed by atoms with E-state index in [0.717, 1.165) is 68.2 Å². The first-order chi connectivity index (χ1) is 25.1. The smallest absolute Gasteiger partial charge is 0.184 e. The number of carbonyl (C=O) groups excluding carboxylic acids is 1. The van der Waals surface area contributed by atoms with Gasteiger partial charge in [-0.25, -0.2) is 13.5 Å². The summed E-state index contributed by atoms with van der Waals surface area (Å²) in [6.07, 6.45) is 13.9. The predicted octanol–water partition coefficient (Wildman–Crippen LogP) is 7.26. The predicted molar refractivity (Wildman–Crippen MR) is 191 cm³/mol. The first kappa shape index (κ1) is 36.2. The van der Waals surface area contributed by atoms with Crippen LogP contribution in [-0.4, -0.2) is 58.7 Å². The van der Waals surface area contributed by atoms with Crippen molar-refractivity contribution >= 4 is 17.5 Å². The highest BCUT2D eigenvalue weighted by molar-refractivity contribution is 6.05. The number of allylic oxidation sites excluding steroid dienone is 2. The molecule has 10 nitrogen and oxygen atoms in total. The van der Waals surface area contributed by atoms with Crippen LogP contribution in [0.5, 0.6) is 0 Å². The molecule has 4 N–H and O–H groups in total. The topological polar surface area (TPSA) is 130 Å². The van der Waals surface area contributed by atoms with Gasteiger partial charge in [-0.15, -0.1) is 0 Å². The van der Waals surface area contributed by atoms with Crippen molar-refractivity contribution in [1.82, 2.24) is 9.78 Å². The van der Waals surface area contributed by atoms with Crippen LogP contribution in [-0.2, 0) is 30.2 Å². The Balaban J connectivity index is 0.000000136. The number of aliphatic hydroxyl groups is 1. The van der Waals surface area contributed by atoms with Crippen LogP contribution < -0.4 is 11.3 Å². The Morgan fingerprint density at radius 2 is 1.33 bits per heavy atom. The Hall–Kier alpha value is -4.20. The zero-order valence-electron chi connectivity index (χ0n) is 29.6. The van der Waals surface area contributed by atoms with Gasteiger partial charge in [0.2, 0.25) is 0 Å². The monoisotopic (exact) mass is 716 g/mol. The molecule has 4 fully saturated rings. The largest absolute Gasteiger partial charge is 0.515 e. The number of aromatic nitrogens is 2. The van der Waals surface area contributed by atoms with Crippen molar-refractivity contribution in [3.63, 3.8) is 0 Å². The van der Waals surface area contributed by atoms with Gasteiger partial charge in [0, 0.05) is 34.9 Å². The van der Waals surface area contributed by atoms with Crippen LogP contribution in [0.25, 0.3) is 11.8 Å². The number of benzene rings is 2. The van der Waals surface area contributed by atoms with Gasteiger partial charge in [0.15, 0.2) is 17.4 Å². The molecule has 4 aliphatic carbocycles. The van der Waals surface area contributed by atoms with E-state index in [9.17, 15) is 18.7 Å². The van der Waals surface area contributed by atoms with Gasteiger partial charge in [0.25, 0.3) is 0 Å². The first-order valence-corrected chi connectivity index (χ1v) is 18.0. The Bertz CT molecular complexity index is 1880. The number of nitrogens with zero attached hydrogens (tertiary/aromatic N) is 2. The van der Waals surface area contributed by atoms with Crippen molar-refractivity contribution in [3.05, 3.63) is 107 Å². The summed E-state index contributed by atoms with van der Waals surface area (Å²) in [4.78, 5) is 11.8. The summed E-state index contributed by atoms with van der Waals surface area (Å²) in [5.74, 6) is 3.35. The van der Waals surface area contributed by atoms with Crippen LogP contribution in [0.3, 0.4) is 0 Å². The lowest BCUT2D eigenvalue weighted by atomic mass is 9.61. The third-order valence-corrected chi connectivity index (χ3v) is 11.7. The van der Waals surface area contributed by atoms with Crippen molar-refractivity contribution in [2.75, 3.05) is 31.9 Å². The fourth-order valence-electron chi connectivity index (χ4n) is 8.80. The second-order valence-corrected chi connectivity index (χ2v) is 14.6. The van der Waals surface area contributed by atoms with E-state index in [1.54, 1.807) is 30.3 Å². The maximum Gasteiger partial charge on any atom is 0.184 e. The zero-order chi connectivity index (χ0) is 36.6. The third kappa shape index (κ3) is 6.30. The SMILES string of the molecule is C[C@]12C/C(=C/O)C(=O)C=C1CCCC21OCCO1.C[C@]12Cc3cnn(-c4ccc(F)cc4)c3C=C1CCCC21OCCO1.NNc1ccc(F)cc1. The van der Waals surface area contributed by atoms with Gasteiger partial charge in [-0.1, -0.05) is 25.0 Å². The average molecular weight is 717 g/mol. The summed E-state index contributed by atoms with van der Waals surface area (Å²) in [5.41, 5.74) is 8.70. The number of hydrogen-bond acceptors (Lipinski definition) is 9. The highest BCUT2D eigenvalue weighted by Gasteiger charge is 2.59. The van der Waals surface area contributed by atoms with E-state index in [0.29, 0.717) is 44.1 Å². The normalized spacial score (nSPS) is 27.3. The van der Waals surface area contributed by atoms with Gasteiger partial charge in [0.05, 0.1) is 50.3 Å². The van der Waals surface area contributed by atoms with E-state index in [1.807, 2.05) is 10.9 Å². The van der Waals surface area contributed by atoms with Gasteiger partial charge in [-0.05, 0) is 105 Å². The van der Waals surface area contributed by atoms with Gasteiger partial charge in [0.1, 0.15) is 11.6 Å². The molecule has 2 aliphatic heterocycles. The number of carbonyl (C=O) groups is 1. The van der Waals surface area contributed by atoms with Crippen LogP contribution in [0.1, 0.15) is 70.1 Å². The molecule has 52 heavy (non-hydrogen) atoms. The lowest BCUT2D eigenvalue weighted by Gasteiger charge is -2.51. The zero-order valence-corrected chi connectivity index (χ0v) is 29.6. The lowest BCUT2D eigenvalue weighted by molar-refractivity contribution is -0.234. The number of nitrogens with two attached hydrogens (primary N) is 1. The van der Waals surface area contributed by atoms with Crippen molar-refractivity contribution < 1.29 is 37.6 Å². The second-order valence-electron chi connectivity index (χ2n) is 14.6.